The highest BCUT2D eigenvalue weighted by molar-refractivity contribution is 5.78. The quantitative estimate of drug-likeness (QED) is 0.617. The Hall–Kier alpha value is -1.50. The summed E-state index contributed by atoms with van der Waals surface area (Å²) < 4.78 is 16.8. The van der Waals surface area contributed by atoms with Crippen LogP contribution >= 0.6 is 0 Å². The predicted molar refractivity (Wildman–Crippen MR) is 97.1 cm³/mol. The topological polar surface area (TPSA) is 68.8 Å². The average Bonchev–Trinajstić information content (AvgIpc) is 3.05. The molecule has 1 saturated heterocycles. The number of carbonyl (C=O) groups is 1. The van der Waals surface area contributed by atoms with Crippen molar-refractivity contribution in [2.45, 2.75) is 51.8 Å². The number of benzene rings is 1. The first-order chi connectivity index (χ1) is 11.9. The van der Waals surface area contributed by atoms with E-state index in [0.717, 1.165) is 31.6 Å². The van der Waals surface area contributed by atoms with E-state index in [2.05, 4.69) is 10.6 Å². The van der Waals surface area contributed by atoms with Crippen LogP contribution in [0.1, 0.15) is 39.2 Å². The van der Waals surface area contributed by atoms with Crippen LogP contribution in [0.3, 0.4) is 0 Å². The highest BCUT2D eigenvalue weighted by Crippen LogP contribution is 2.31. The van der Waals surface area contributed by atoms with Crippen LogP contribution in [0, 0.1) is 0 Å². The summed E-state index contributed by atoms with van der Waals surface area (Å²) in [5, 5.41) is 6.29. The Labute approximate surface area is 162 Å². The van der Waals surface area contributed by atoms with Crippen LogP contribution in [0.15, 0.2) is 18.2 Å². The highest BCUT2D eigenvalue weighted by Gasteiger charge is 2.18. The molecule has 0 aliphatic carbocycles. The molecule has 1 aromatic rings. The Morgan fingerprint density at radius 2 is 2.12 bits per heavy atom. The summed E-state index contributed by atoms with van der Waals surface area (Å²) in [6.45, 7) is 8.06. The zero-order valence-electron chi connectivity index (χ0n) is 16.1. The van der Waals surface area contributed by atoms with Gasteiger partial charge >= 0.3 is 0 Å². The first kappa shape index (κ1) is 22.5. The minimum atomic E-state index is -0.285. The largest absolute Gasteiger partial charge is 1.00 e. The standard InChI is InChI=1S/C19H30N2O4.ClH/c1-19(2,3)21-17(22)13-25-18-14(7-5-9-16(18)23-4)11-20-12-15-8-6-10-24-15;/h5,7,9,15,20H,6,8,10-13H2,1-4H3,(H,21,22);1H/p-1. The molecule has 1 atom stereocenters. The van der Waals surface area contributed by atoms with Crippen LogP contribution in [0.4, 0.5) is 0 Å². The van der Waals surface area contributed by atoms with Crippen molar-refractivity contribution in [1.29, 1.82) is 0 Å². The van der Waals surface area contributed by atoms with Gasteiger partial charge in [0.1, 0.15) is 0 Å². The minimum Gasteiger partial charge on any atom is -1.00 e. The lowest BCUT2D eigenvalue weighted by Gasteiger charge is -2.21. The van der Waals surface area contributed by atoms with Crippen molar-refractivity contribution in [3.63, 3.8) is 0 Å². The summed E-state index contributed by atoms with van der Waals surface area (Å²) in [6, 6.07) is 5.73. The molecule has 1 aliphatic heterocycles. The van der Waals surface area contributed by atoms with Gasteiger partial charge in [0.15, 0.2) is 18.1 Å². The molecule has 6 nitrogen and oxygen atoms in total. The number of carbonyl (C=O) groups excluding carboxylic acids is 1. The lowest BCUT2D eigenvalue weighted by Crippen LogP contribution is -3.00. The smallest absolute Gasteiger partial charge is 0.258 e. The molecule has 1 fully saturated rings. The van der Waals surface area contributed by atoms with Crippen LogP contribution in [-0.2, 0) is 16.1 Å². The normalized spacial score (nSPS) is 16.7. The van der Waals surface area contributed by atoms with Crippen molar-refractivity contribution in [3.8, 4) is 11.5 Å². The maximum atomic E-state index is 12.0. The molecule has 1 unspecified atom stereocenters. The molecule has 2 N–H and O–H groups in total. The van der Waals surface area contributed by atoms with Gasteiger partial charge in [-0.3, -0.25) is 4.79 Å². The van der Waals surface area contributed by atoms with Crippen molar-refractivity contribution in [2.75, 3.05) is 26.9 Å². The molecule has 7 heteroatoms. The first-order valence-electron chi connectivity index (χ1n) is 8.81. The van der Waals surface area contributed by atoms with E-state index < -0.39 is 0 Å². The van der Waals surface area contributed by atoms with Crippen LogP contribution in [0.5, 0.6) is 11.5 Å². The number of ether oxygens (including phenoxy) is 3. The number of hydrogen-bond acceptors (Lipinski definition) is 5. The van der Waals surface area contributed by atoms with E-state index >= 15 is 0 Å². The molecule has 0 aromatic heterocycles. The number of amides is 1. The van der Waals surface area contributed by atoms with E-state index in [9.17, 15) is 4.79 Å². The second-order valence-corrected chi connectivity index (χ2v) is 7.30. The molecule has 26 heavy (non-hydrogen) atoms. The molecule has 148 valence electrons. The summed E-state index contributed by atoms with van der Waals surface area (Å²) in [7, 11) is 1.60. The maximum Gasteiger partial charge on any atom is 0.258 e. The fourth-order valence-electron chi connectivity index (χ4n) is 2.79. The Morgan fingerprint density at radius 1 is 1.35 bits per heavy atom. The minimum absolute atomic E-state index is 0. The fraction of sp³-hybridized carbons (Fsp3) is 0.632. The van der Waals surface area contributed by atoms with Gasteiger partial charge in [-0.25, -0.2) is 0 Å². The Morgan fingerprint density at radius 3 is 2.73 bits per heavy atom. The zero-order chi connectivity index (χ0) is 18.3. The SMILES string of the molecule is COc1cccc(CNCC2CCCO2)c1OCC(=O)NC(C)(C)C.[Cl-]. The molecule has 1 heterocycles. The second-order valence-electron chi connectivity index (χ2n) is 7.30. The van der Waals surface area contributed by atoms with Gasteiger partial charge in [0.2, 0.25) is 0 Å². The van der Waals surface area contributed by atoms with Crippen LogP contribution in [-0.4, -0.2) is 44.4 Å². The molecular formula is C19H30ClN2O4-. The summed E-state index contributed by atoms with van der Waals surface area (Å²) in [5.74, 6) is 1.07. The third-order valence-electron chi connectivity index (χ3n) is 3.85. The molecule has 0 bridgehead atoms. The van der Waals surface area contributed by atoms with Crippen molar-refractivity contribution < 1.29 is 31.4 Å². The predicted octanol–water partition coefficient (Wildman–Crippen LogP) is -0.739. The van der Waals surface area contributed by atoms with E-state index in [1.807, 2.05) is 39.0 Å². The third kappa shape index (κ3) is 7.40. The van der Waals surface area contributed by atoms with Crippen LogP contribution in [0.2, 0.25) is 0 Å². The Kier molecular flexibility index (Phi) is 9.19. The van der Waals surface area contributed by atoms with Gasteiger partial charge in [-0.1, -0.05) is 12.1 Å². The number of para-hydroxylation sites is 1. The maximum absolute atomic E-state index is 12.0. The molecular weight excluding hydrogens is 356 g/mol. The van der Waals surface area contributed by atoms with Gasteiger partial charge in [0.05, 0.1) is 13.2 Å². The third-order valence-corrected chi connectivity index (χ3v) is 3.85. The number of nitrogens with one attached hydrogen (secondary N) is 2. The molecule has 1 aromatic carbocycles. The first-order valence-corrected chi connectivity index (χ1v) is 8.81. The average molecular weight is 386 g/mol. The van der Waals surface area contributed by atoms with Gasteiger partial charge in [0.25, 0.3) is 5.91 Å². The van der Waals surface area contributed by atoms with Crippen molar-refractivity contribution in [1.82, 2.24) is 10.6 Å². The van der Waals surface area contributed by atoms with Gasteiger partial charge in [-0.2, -0.15) is 0 Å². The monoisotopic (exact) mass is 385 g/mol. The molecule has 0 radical (unpaired) electrons. The van der Waals surface area contributed by atoms with E-state index in [-0.39, 0.29) is 36.6 Å². The van der Waals surface area contributed by atoms with Gasteiger partial charge in [-0.05, 0) is 39.7 Å². The fourth-order valence-corrected chi connectivity index (χ4v) is 2.79. The lowest BCUT2D eigenvalue weighted by molar-refractivity contribution is -0.124. The molecule has 1 aliphatic rings. The summed E-state index contributed by atoms with van der Waals surface area (Å²) in [5.41, 5.74) is 0.674. The molecule has 1 amide bonds. The second kappa shape index (κ2) is 10.6. The summed E-state index contributed by atoms with van der Waals surface area (Å²) in [6.07, 6.45) is 2.51. The lowest BCUT2D eigenvalue weighted by atomic mass is 10.1. The Balaban J connectivity index is 0.00000338. The van der Waals surface area contributed by atoms with E-state index in [1.165, 1.54) is 0 Å². The number of halogens is 1. The van der Waals surface area contributed by atoms with E-state index in [1.54, 1.807) is 7.11 Å². The zero-order valence-corrected chi connectivity index (χ0v) is 16.8. The molecule has 0 saturated carbocycles. The van der Waals surface area contributed by atoms with Gasteiger partial charge in [-0.15, -0.1) is 0 Å². The van der Waals surface area contributed by atoms with Crippen molar-refractivity contribution in [3.05, 3.63) is 23.8 Å². The highest BCUT2D eigenvalue weighted by atomic mass is 35.5. The summed E-state index contributed by atoms with van der Waals surface area (Å²) in [4.78, 5) is 12.0. The van der Waals surface area contributed by atoms with Crippen molar-refractivity contribution in [2.24, 2.45) is 0 Å². The van der Waals surface area contributed by atoms with Crippen LogP contribution in [0.25, 0.3) is 0 Å². The number of methoxy groups -OCH3 is 1. The number of rotatable bonds is 8. The van der Waals surface area contributed by atoms with E-state index in [4.69, 9.17) is 14.2 Å². The summed E-state index contributed by atoms with van der Waals surface area (Å²) >= 11 is 0. The van der Waals surface area contributed by atoms with Crippen molar-refractivity contribution >= 4 is 5.91 Å². The van der Waals surface area contributed by atoms with E-state index in [0.29, 0.717) is 18.0 Å². The van der Waals surface area contributed by atoms with Crippen LogP contribution < -0.4 is 32.5 Å². The Bertz CT molecular complexity index is 569. The number of hydrogen-bond donors (Lipinski definition) is 2. The molecule has 2 rings (SSSR count). The molecule has 0 spiro atoms. The van der Waals surface area contributed by atoms with Gasteiger partial charge < -0.3 is 37.3 Å². The van der Waals surface area contributed by atoms with Gasteiger partial charge in [0, 0.05) is 30.8 Å².